The number of halogens is 1. The molecule has 152 valence electrons. The van der Waals surface area contributed by atoms with Crippen molar-refractivity contribution >= 4 is 34.2 Å². The Balaban J connectivity index is 1.71. The van der Waals surface area contributed by atoms with Gasteiger partial charge in [-0.25, -0.2) is 9.97 Å². The molecule has 1 aliphatic carbocycles. The second-order valence-electron chi connectivity index (χ2n) is 7.65. The maximum atomic E-state index is 13.0. The van der Waals surface area contributed by atoms with Crippen molar-refractivity contribution in [3.63, 3.8) is 0 Å². The minimum absolute atomic E-state index is 0.248. The van der Waals surface area contributed by atoms with Gasteiger partial charge in [-0.3, -0.25) is 4.79 Å². The SMILES string of the molecule is Cn1cnc2c(Cc3ccc(Cl)nc3)cc(C(=O)N[C@H]3CCCC[C@H]3O)c(N)c21. The summed E-state index contributed by atoms with van der Waals surface area (Å²) in [4.78, 5) is 21.7. The molecule has 0 aliphatic heterocycles. The van der Waals surface area contributed by atoms with Crippen LogP contribution in [0.2, 0.25) is 5.15 Å². The number of carbonyl (C=O) groups excluding carboxylic acids is 1. The van der Waals surface area contributed by atoms with Crippen LogP contribution in [0, 0.1) is 0 Å². The highest BCUT2D eigenvalue weighted by Gasteiger charge is 2.26. The van der Waals surface area contributed by atoms with Crippen molar-refractivity contribution < 1.29 is 9.90 Å². The standard InChI is InChI=1S/C21H24ClN5O2/c1-27-11-25-19-13(8-12-6-7-17(22)24-10-12)9-14(18(23)20(19)27)21(29)26-15-4-2-3-5-16(15)28/h6-7,9-11,15-16,28H,2-5,8,23H2,1H3,(H,26,29)/t15-,16+/m0/s1. The van der Waals surface area contributed by atoms with E-state index >= 15 is 0 Å². The predicted octanol–water partition coefficient (Wildman–Crippen LogP) is 2.83. The number of hydrogen-bond acceptors (Lipinski definition) is 5. The first-order valence-electron chi connectivity index (χ1n) is 9.75. The summed E-state index contributed by atoms with van der Waals surface area (Å²) in [6.07, 6.45) is 6.88. The molecule has 1 amide bonds. The summed E-state index contributed by atoms with van der Waals surface area (Å²) < 4.78 is 1.82. The van der Waals surface area contributed by atoms with Crippen molar-refractivity contribution in [2.45, 2.75) is 44.2 Å². The van der Waals surface area contributed by atoms with Gasteiger partial charge < -0.3 is 20.7 Å². The molecule has 1 saturated carbocycles. The first-order valence-corrected chi connectivity index (χ1v) is 10.1. The van der Waals surface area contributed by atoms with E-state index in [4.69, 9.17) is 17.3 Å². The number of aliphatic hydroxyl groups excluding tert-OH is 1. The molecule has 0 bridgehead atoms. The fourth-order valence-corrected chi connectivity index (χ4v) is 4.12. The van der Waals surface area contributed by atoms with Gasteiger partial charge in [-0.15, -0.1) is 0 Å². The Hall–Kier alpha value is -2.64. The van der Waals surface area contributed by atoms with Crippen molar-refractivity contribution in [2.75, 3.05) is 5.73 Å². The second kappa shape index (κ2) is 8.00. The molecule has 0 unspecified atom stereocenters. The number of fused-ring (bicyclic) bond motifs is 1. The van der Waals surface area contributed by atoms with E-state index in [0.717, 1.165) is 41.4 Å². The van der Waals surface area contributed by atoms with Crippen LogP contribution in [0.5, 0.6) is 0 Å². The van der Waals surface area contributed by atoms with Crippen LogP contribution in [-0.2, 0) is 13.5 Å². The summed E-state index contributed by atoms with van der Waals surface area (Å²) >= 11 is 5.89. The topological polar surface area (TPSA) is 106 Å². The average Bonchev–Trinajstić information content (AvgIpc) is 3.10. The summed E-state index contributed by atoms with van der Waals surface area (Å²) in [5.41, 5.74) is 10.5. The Kier molecular flexibility index (Phi) is 5.43. The second-order valence-corrected chi connectivity index (χ2v) is 8.03. The van der Waals surface area contributed by atoms with Crippen LogP contribution in [0.15, 0.2) is 30.7 Å². The number of aromatic nitrogens is 3. The van der Waals surface area contributed by atoms with Crippen molar-refractivity contribution in [2.24, 2.45) is 7.05 Å². The number of nitrogen functional groups attached to an aromatic ring is 1. The predicted molar refractivity (Wildman–Crippen MR) is 113 cm³/mol. The zero-order valence-corrected chi connectivity index (χ0v) is 17.0. The Labute approximate surface area is 173 Å². The minimum Gasteiger partial charge on any atom is -0.396 e. The lowest BCUT2D eigenvalue weighted by Crippen LogP contribution is -2.45. The van der Waals surface area contributed by atoms with Gasteiger partial charge in [0.1, 0.15) is 5.15 Å². The Morgan fingerprint density at radius 3 is 2.86 bits per heavy atom. The van der Waals surface area contributed by atoms with E-state index in [1.807, 2.05) is 17.7 Å². The molecule has 29 heavy (non-hydrogen) atoms. The summed E-state index contributed by atoms with van der Waals surface area (Å²) in [6, 6.07) is 5.19. The van der Waals surface area contributed by atoms with Crippen LogP contribution in [-0.4, -0.2) is 37.7 Å². The summed E-state index contributed by atoms with van der Waals surface area (Å²) in [6.45, 7) is 0. The third-order valence-electron chi connectivity index (χ3n) is 5.58. The maximum absolute atomic E-state index is 13.0. The number of aryl methyl sites for hydroxylation is 1. The Morgan fingerprint density at radius 1 is 1.34 bits per heavy atom. The number of nitrogens with one attached hydrogen (secondary N) is 1. The number of carbonyl (C=O) groups is 1. The lowest BCUT2D eigenvalue weighted by atomic mass is 9.92. The highest BCUT2D eigenvalue weighted by atomic mass is 35.5. The Bertz CT molecular complexity index is 1050. The van der Waals surface area contributed by atoms with Gasteiger partial charge in [-0.1, -0.05) is 30.5 Å². The van der Waals surface area contributed by atoms with Gasteiger partial charge in [-0.05, 0) is 36.1 Å². The molecule has 7 nitrogen and oxygen atoms in total. The normalized spacial score (nSPS) is 19.4. The molecule has 1 fully saturated rings. The van der Waals surface area contributed by atoms with E-state index in [0.29, 0.717) is 29.2 Å². The van der Waals surface area contributed by atoms with E-state index in [1.165, 1.54) is 0 Å². The summed E-state index contributed by atoms with van der Waals surface area (Å²) in [7, 11) is 1.85. The molecule has 0 saturated heterocycles. The fraction of sp³-hybridized carbons (Fsp3) is 0.381. The number of anilines is 1. The number of pyridine rings is 1. The van der Waals surface area contributed by atoms with E-state index in [9.17, 15) is 9.90 Å². The third-order valence-corrected chi connectivity index (χ3v) is 5.80. The lowest BCUT2D eigenvalue weighted by molar-refractivity contribution is 0.0718. The summed E-state index contributed by atoms with van der Waals surface area (Å²) in [5, 5.41) is 13.6. The van der Waals surface area contributed by atoms with Gasteiger partial charge in [0.2, 0.25) is 0 Å². The molecular weight excluding hydrogens is 390 g/mol. The monoisotopic (exact) mass is 413 g/mol. The van der Waals surface area contributed by atoms with Gasteiger partial charge >= 0.3 is 0 Å². The molecule has 1 aromatic carbocycles. The average molecular weight is 414 g/mol. The van der Waals surface area contributed by atoms with Crippen molar-refractivity contribution in [3.05, 3.63) is 52.6 Å². The molecule has 4 N–H and O–H groups in total. The van der Waals surface area contributed by atoms with E-state index in [2.05, 4.69) is 15.3 Å². The van der Waals surface area contributed by atoms with Crippen LogP contribution in [0.1, 0.15) is 47.2 Å². The summed E-state index contributed by atoms with van der Waals surface area (Å²) in [5.74, 6) is -0.271. The minimum atomic E-state index is -0.519. The molecule has 2 atom stereocenters. The van der Waals surface area contributed by atoms with E-state index < -0.39 is 6.10 Å². The van der Waals surface area contributed by atoms with Gasteiger partial charge in [0.25, 0.3) is 5.91 Å². The molecule has 4 rings (SSSR count). The highest BCUT2D eigenvalue weighted by molar-refractivity contribution is 6.29. The number of hydrogen-bond donors (Lipinski definition) is 3. The van der Waals surface area contributed by atoms with Crippen LogP contribution >= 0.6 is 11.6 Å². The van der Waals surface area contributed by atoms with Gasteiger partial charge in [-0.2, -0.15) is 0 Å². The molecule has 2 aromatic heterocycles. The molecule has 0 spiro atoms. The lowest BCUT2D eigenvalue weighted by Gasteiger charge is -2.28. The van der Waals surface area contributed by atoms with Crippen LogP contribution in [0.3, 0.4) is 0 Å². The number of amides is 1. The van der Waals surface area contributed by atoms with Crippen LogP contribution < -0.4 is 11.1 Å². The molecular formula is C21H24ClN5O2. The van der Waals surface area contributed by atoms with Gasteiger partial charge in [0.05, 0.1) is 40.8 Å². The number of nitrogens with zero attached hydrogens (tertiary/aromatic N) is 3. The number of aliphatic hydroxyl groups is 1. The first-order chi connectivity index (χ1) is 13.9. The third kappa shape index (κ3) is 3.93. The fourth-order valence-electron chi connectivity index (χ4n) is 4.01. The van der Waals surface area contributed by atoms with Gasteiger partial charge in [0.15, 0.2) is 0 Å². The first kappa shape index (κ1) is 19.7. The van der Waals surface area contributed by atoms with Crippen molar-refractivity contribution in [3.8, 4) is 0 Å². The largest absolute Gasteiger partial charge is 0.396 e. The Morgan fingerprint density at radius 2 is 2.14 bits per heavy atom. The van der Waals surface area contributed by atoms with Crippen LogP contribution in [0.4, 0.5) is 5.69 Å². The number of imidazole rings is 1. The van der Waals surface area contributed by atoms with E-state index in [1.54, 1.807) is 24.7 Å². The smallest absolute Gasteiger partial charge is 0.253 e. The van der Waals surface area contributed by atoms with Crippen molar-refractivity contribution in [1.29, 1.82) is 0 Å². The zero-order valence-electron chi connectivity index (χ0n) is 16.2. The molecule has 0 radical (unpaired) electrons. The zero-order chi connectivity index (χ0) is 20.5. The number of nitrogens with two attached hydrogens (primary N) is 1. The molecule has 2 heterocycles. The number of benzene rings is 1. The van der Waals surface area contributed by atoms with Crippen LogP contribution in [0.25, 0.3) is 11.0 Å². The van der Waals surface area contributed by atoms with Gasteiger partial charge in [0, 0.05) is 19.7 Å². The molecule has 8 heteroatoms. The highest BCUT2D eigenvalue weighted by Crippen LogP contribution is 2.30. The number of rotatable bonds is 4. The molecule has 1 aliphatic rings. The van der Waals surface area contributed by atoms with Crippen molar-refractivity contribution in [1.82, 2.24) is 19.9 Å². The maximum Gasteiger partial charge on any atom is 0.253 e. The molecule has 3 aromatic rings. The van der Waals surface area contributed by atoms with E-state index in [-0.39, 0.29) is 11.9 Å². The quantitative estimate of drug-likeness (QED) is 0.450.